The standard InChI is InChI=1S/C20H32N2/c1-4-18(2)16-22(15-12-19-8-6-5-7-9-19)17-20-10-13-21(3)14-11-20/h4-9,20H,10-17H2,1-3H3. The van der Waals surface area contributed by atoms with Gasteiger partial charge in [-0.05, 0) is 64.7 Å². The normalized spacial score (nSPS) is 18.1. The van der Waals surface area contributed by atoms with E-state index >= 15 is 0 Å². The van der Waals surface area contributed by atoms with E-state index in [9.17, 15) is 0 Å². The Morgan fingerprint density at radius 1 is 1.23 bits per heavy atom. The van der Waals surface area contributed by atoms with Crippen LogP contribution in [0.5, 0.6) is 0 Å². The zero-order valence-corrected chi connectivity index (χ0v) is 14.6. The van der Waals surface area contributed by atoms with Crippen LogP contribution in [0.3, 0.4) is 0 Å². The molecule has 0 bridgehead atoms. The molecule has 0 aromatic heterocycles. The SMILES string of the molecule is CC=C(C)CN(CCc1ccccc1)CC1CCN(C)CC1. The molecule has 1 heterocycles. The van der Waals surface area contributed by atoms with Crippen LogP contribution in [0.2, 0.25) is 0 Å². The van der Waals surface area contributed by atoms with Crippen molar-refractivity contribution in [3.8, 4) is 0 Å². The van der Waals surface area contributed by atoms with Crippen molar-refractivity contribution < 1.29 is 0 Å². The van der Waals surface area contributed by atoms with Crippen LogP contribution in [0, 0.1) is 5.92 Å². The first-order valence-corrected chi connectivity index (χ1v) is 8.74. The summed E-state index contributed by atoms with van der Waals surface area (Å²) in [6.07, 6.45) is 6.12. The number of allylic oxidation sites excluding steroid dienone is 1. The fraction of sp³-hybridized carbons (Fsp3) is 0.600. The van der Waals surface area contributed by atoms with Crippen molar-refractivity contribution in [3.05, 3.63) is 47.5 Å². The van der Waals surface area contributed by atoms with Gasteiger partial charge in [0.15, 0.2) is 0 Å². The number of likely N-dealkylation sites (tertiary alicyclic amines) is 1. The molecular weight excluding hydrogens is 268 g/mol. The molecule has 22 heavy (non-hydrogen) atoms. The minimum absolute atomic E-state index is 0.872. The van der Waals surface area contributed by atoms with Gasteiger partial charge in [0.2, 0.25) is 0 Å². The van der Waals surface area contributed by atoms with Crippen LogP contribution in [-0.2, 0) is 6.42 Å². The van der Waals surface area contributed by atoms with Crippen molar-refractivity contribution in [2.24, 2.45) is 5.92 Å². The monoisotopic (exact) mass is 300 g/mol. The topological polar surface area (TPSA) is 6.48 Å². The molecule has 2 rings (SSSR count). The highest BCUT2D eigenvalue weighted by Crippen LogP contribution is 2.18. The van der Waals surface area contributed by atoms with Gasteiger partial charge in [-0.2, -0.15) is 0 Å². The highest BCUT2D eigenvalue weighted by Gasteiger charge is 2.19. The van der Waals surface area contributed by atoms with Gasteiger partial charge >= 0.3 is 0 Å². The van der Waals surface area contributed by atoms with Crippen LogP contribution in [0.25, 0.3) is 0 Å². The Morgan fingerprint density at radius 2 is 1.91 bits per heavy atom. The number of rotatable bonds is 7. The molecule has 0 N–H and O–H groups in total. The maximum Gasteiger partial charge on any atom is 0.0190 e. The molecule has 1 aliphatic heterocycles. The van der Waals surface area contributed by atoms with Crippen LogP contribution in [0.1, 0.15) is 32.3 Å². The molecule has 122 valence electrons. The molecule has 0 radical (unpaired) electrons. The van der Waals surface area contributed by atoms with Gasteiger partial charge < -0.3 is 4.90 Å². The molecule has 1 aliphatic rings. The van der Waals surface area contributed by atoms with E-state index in [0.717, 1.165) is 18.9 Å². The molecule has 0 amide bonds. The summed E-state index contributed by atoms with van der Waals surface area (Å²) in [5.74, 6) is 0.872. The Morgan fingerprint density at radius 3 is 2.55 bits per heavy atom. The Labute approximate surface area is 136 Å². The van der Waals surface area contributed by atoms with E-state index in [4.69, 9.17) is 0 Å². The summed E-state index contributed by atoms with van der Waals surface area (Å²) < 4.78 is 0. The molecule has 0 unspecified atom stereocenters. The lowest BCUT2D eigenvalue weighted by Crippen LogP contribution is -2.38. The number of nitrogens with zero attached hydrogens (tertiary/aromatic N) is 2. The molecule has 0 saturated carbocycles. The largest absolute Gasteiger partial charge is 0.306 e. The van der Waals surface area contributed by atoms with E-state index in [0.29, 0.717) is 0 Å². The predicted octanol–water partition coefficient (Wildman–Crippen LogP) is 3.84. The minimum Gasteiger partial charge on any atom is -0.306 e. The highest BCUT2D eigenvalue weighted by atomic mass is 15.1. The second kappa shape index (κ2) is 9.12. The van der Waals surface area contributed by atoms with Crippen molar-refractivity contribution >= 4 is 0 Å². The van der Waals surface area contributed by atoms with Gasteiger partial charge in [0, 0.05) is 19.6 Å². The summed E-state index contributed by atoms with van der Waals surface area (Å²) in [5, 5.41) is 0. The number of benzene rings is 1. The summed E-state index contributed by atoms with van der Waals surface area (Å²) in [6.45, 7) is 10.5. The van der Waals surface area contributed by atoms with Crippen molar-refractivity contribution in [1.82, 2.24) is 9.80 Å². The summed E-state index contributed by atoms with van der Waals surface area (Å²) in [7, 11) is 2.24. The van der Waals surface area contributed by atoms with Crippen molar-refractivity contribution in [1.29, 1.82) is 0 Å². The van der Waals surface area contributed by atoms with E-state index in [1.807, 2.05) is 0 Å². The zero-order valence-electron chi connectivity index (χ0n) is 14.6. The second-order valence-electron chi connectivity index (χ2n) is 6.85. The lowest BCUT2D eigenvalue weighted by atomic mass is 9.96. The fourth-order valence-electron chi connectivity index (χ4n) is 3.22. The summed E-state index contributed by atoms with van der Waals surface area (Å²) in [5.41, 5.74) is 2.94. The van der Waals surface area contributed by atoms with E-state index < -0.39 is 0 Å². The lowest BCUT2D eigenvalue weighted by Gasteiger charge is -2.33. The van der Waals surface area contributed by atoms with E-state index in [2.05, 4.69) is 67.1 Å². The maximum atomic E-state index is 2.66. The van der Waals surface area contributed by atoms with Gasteiger partial charge in [-0.1, -0.05) is 42.0 Å². The van der Waals surface area contributed by atoms with E-state index in [-0.39, 0.29) is 0 Å². The maximum absolute atomic E-state index is 2.66. The van der Waals surface area contributed by atoms with E-state index in [1.54, 1.807) is 0 Å². The highest BCUT2D eigenvalue weighted by molar-refractivity contribution is 5.15. The molecule has 1 aromatic carbocycles. The first-order valence-electron chi connectivity index (χ1n) is 8.74. The third kappa shape index (κ3) is 5.94. The third-order valence-electron chi connectivity index (χ3n) is 4.88. The van der Waals surface area contributed by atoms with Crippen molar-refractivity contribution in [3.63, 3.8) is 0 Å². The van der Waals surface area contributed by atoms with Gasteiger partial charge in [0.05, 0.1) is 0 Å². The smallest absolute Gasteiger partial charge is 0.0190 e. The van der Waals surface area contributed by atoms with Crippen LogP contribution in [0.4, 0.5) is 0 Å². The Hall–Kier alpha value is -1.12. The summed E-state index contributed by atoms with van der Waals surface area (Å²) >= 11 is 0. The van der Waals surface area contributed by atoms with Crippen molar-refractivity contribution in [2.45, 2.75) is 33.1 Å². The van der Waals surface area contributed by atoms with Gasteiger partial charge in [0.25, 0.3) is 0 Å². The zero-order chi connectivity index (χ0) is 15.8. The average Bonchev–Trinajstić information content (AvgIpc) is 2.55. The van der Waals surface area contributed by atoms with Crippen LogP contribution in [-0.4, -0.2) is 49.6 Å². The van der Waals surface area contributed by atoms with Gasteiger partial charge in [-0.15, -0.1) is 0 Å². The first kappa shape index (κ1) is 17.2. The number of piperidine rings is 1. The first-order chi connectivity index (χ1) is 10.7. The van der Waals surface area contributed by atoms with Gasteiger partial charge in [-0.25, -0.2) is 0 Å². The summed E-state index contributed by atoms with van der Waals surface area (Å²) in [6, 6.07) is 10.9. The van der Waals surface area contributed by atoms with Crippen molar-refractivity contribution in [2.75, 3.05) is 39.8 Å². The van der Waals surface area contributed by atoms with Gasteiger partial charge in [-0.3, -0.25) is 4.90 Å². The molecule has 1 fully saturated rings. The summed E-state index contributed by atoms with van der Waals surface area (Å²) in [4.78, 5) is 5.13. The fourth-order valence-corrected chi connectivity index (χ4v) is 3.22. The number of hydrogen-bond donors (Lipinski definition) is 0. The number of hydrogen-bond acceptors (Lipinski definition) is 2. The molecule has 0 spiro atoms. The lowest BCUT2D eigenvalue weighted by molar-refractivity contribution is 0.167. The quantitative estimate of drug-likeness (QED) is 0.706. The average molecular weight is 300 g/mol. The Bertz CT molecular complexity index is 444. The second-order valence-corrected chi connectivity index (χ2v) is 6.85. The predicted molar refractivity (Wildman–Crippen MR) is 96.2 cm³/mol. The molecule has 2 nitrogen and oxygen atoms in total. The Kier molecular flexibility index (Phi) is 7.14. The molecule has 2 heteroatoms. The molecule has 0 atom stereocenters. The van der Waals surface area contributed by atoms with Crippen LogP contribution >= 0.6 is 0 Å². The Balaban J connectivity index is 1.87. The van der Waals surface area contributed by atoms with Crippen LogP contribution < -0.4 is 0 Å². The van der Waals surface area contributed by atoms with Gasteiger partial charge in [0.1, 0.15) is 0 Å². The molecule has 1 aromatic rings. The molecule has 0 aliphatic carbocycles. The molecular formula is C20H32N2. The third-order valence-corrected chi connectivity index (χ3v) is 4.88. The van der Waals surface area contributed by atoms with Crippen LogP contribution in [0.15, 0.2) is 42.0 Å². The van der Waals surface area contributed by atoms with E-state index in [1.165, 1.54) is 50.2 Å². The molecule has 1 saturated heterocycles. The minimum atomic E-state index is 0.872.